The van der Waals surface area contributed by atoms with Gasteiger partial charge in [0.1, 0.15) is 5.41 Å². The van der Waals surface area contributed by atoms with Crippen molar-refractivity contribution in [1.29, 1.82) is 0 Å². The summed E-state index contributed by atoms with van der Waals surface area (Å²) in [7, 11) is 3.16. The van der Waals surface area contributed by atoms with Crippen LogP contribution >= 0.6 is 0 Å². The molecule has 10 heteroatoms. The molecular weight excluding hydrogens is 526 g/mol. The highest BCUT2D eigenvalue weighted by Gasteiger charge is 2.54. The lowest BCUT2D eigenvalue weighted by atomic mass is 9.66. The van der Waals surface area contributed by atoms with Crippen LogP contribution in [-0.2, 0) is 30.3 Å². The Morgan fingerprint density at radius 2 is 1.90 bits per heavy atom. The standard InChI is InChI=1S/C31H43N3O7/c1-4-41-30(38)31-14-6-5-9-26(31)34(18-13-22-11-12-24(39-2)25(19-22)40-3)29(37)23(21-31)20-27(35)32-15-8-17-33-16-7-10-28(33)36/h9,11-12,19,23H,4-8,10,13-18,20-21H2,1-3H3,(H,32,35)/t23-,31+/m1/s1. The molecule has 3 aliphatic rings. The molecule has 2 heterocycles. The SMILES string of the molecule is CCOC(=O)[C@]12CCCC=C1N(CCc1ccc(OC)c(OC)c1)C(=O)[C@H](CC(=O)NCCCN1CCCC1=O)C2. The minimum absolute atomic E-state index is 0.00275. The fraction of sp³-hybridized carbons (Fsp3) is 0.613. The molecule has 0 aromatic heterocycles. The van der Waals surface area contributed by atoms with Crippen LogP contribution < -0.4 is 14.8 Å². The van der Waals surface area contributed by atoms with Crippen LogP contribution in [0.15, 0.2) is 30.0 Å². The largest absolute Gasteiger partial charge is 0.493 e. The third-order valence-electron chi connectivity index (χ3n) is 8.40. The molecule has 1 aliphatic carbocycles. The van der Waals surface area contributed by atoms with E-state index in [0.717, 1.165) is 31.4 Å². The molecule has 4 rings (SSSR count). The number of piperidine rings is 1. The van der Waals surface area contributed by atoms with E-state index in [-0.39, 0.29) is 43.1 Å². The Labute approximate surface area is 242 Å². The van der Waals surface area contributed by atoms with Crippen LogP contribution in [0.1, 0.15) is 63.9 Å². The van der Waals surface area contributed by atoms with Crippen molar-refractivity contribution in [2.45, 2.75) is 64.7 Å². The van der Waals surface area contributed by atoms with E-state index in [0.29, 0.717) is 62.5 Å². The van der Waals surface area contributed by atoms with Gasteiger partial charge >= 0.3 is 5.97 Å². The van der Waals surface area contributed by atoms with E-state index in [2.05, 4.69) is 5.32 Å². The highest BCUT2D eigenvalue weighted by molar-refractivity contribution is 5.92. The zero-order valence-corrected chi connectivity index (χ0v) is 24.5. The Kier molecular flexibility index (Phi) is 10.3. The summed E-state index contributed by atoms with van der Waals surface area (Å²) < 4.78 is 16.3. The summed E-state index contributed by atoms with van der Waals surface area (Å²) in [6, 6.07) is 5.66. The van der Waals surface area contributed by atoms with Gasteiger partial charge in [-0.05, 0) is 69.6 Å². The molecular formula is C31H43N3O7. The Morgan fingerprint density at radius 3 is 2.61 bits per heavy atom. The van der Waals surface area contributed by atoms with Gasteiger partial charge in [0.25, 0.3) is 0 Å². The minimum atomic E-state index is -0.944. The number of likely N-dealkylation sites (tertiary alicyclic amines) is 2. The molecule has 2 atom stereocenters. The third-order valence-corrected chi connectivity index (χ3v) is 8.40. The number of hydrogen-bond acceptors (Lipinski definition) is 7. The minimum Gasteiger partial charge on any atom is -0.493 e. The lowest BCUT2D eigenvalue weighted by Crippen LogP contribution is -2.54. The van der Waals surface area contributed by atoms with Crippen molar-refractivity contribution in [3.63, 3.8) is 0 Å². The van der Waals surface area contributed by atoms with Crippen LogP contribution in [0.4, 0.5) is 0 Å². The Morgan fingerprint density at radius 1 is 1.10 bits per heavy atom. The normalized spacial score (nSPS) is 22.2. The molecule has 2 fully saturated rings. The highest BCUT2D eigenvalue weighted by Crippen LogP contribution is 2.50. The molecule has 1 aromatic carbocycles. The number of carbonyl (C=O) groups is 4. The second kappa shape index (κ2) is 13.9. The van der Waals surface area contributed by atoms with Gasteiger partial charge in [-0.25, -0.2) is 0 Å². The molecule has 1 aromatic rings. The molecule has 41 heavy (non-hydrogen) atoms. The number of nitrogens with zero attached hydrogens (tertiary/aromatic N) is 2. The van der Waals surface area contributed by atoms with Crippen LogP contribution in [0.25, 0.3) is 0 Å². The van der Waals surface area contributed by atoms with Crippen molar-refractivity contribution in [2.75, 3.05) is 47.0 Å². The maximum atomic E-state index is 13.9. The predicted molar refractivity (Wildman–Crippen MR) is 152 cm³/mol. The number of nitrogens with one attached hydrogen (secondary N) is 1. The third kappa shape index (κ3) is 6.85. The quantitative estimate of drug-likeness (QED) is 0.287. The Hall–Kier alpha value is -3.56. The van der Waals surface area contributed by atoms with E-state index in [1.807, 2.05) is 29.2 Å². The maximum absolute atomic E-state index is 13.9. The van der Waals surface area contributed by atoms with Gasteiger partial charge in [-0.3, -0.25) is 19.2 Å². The average molecular weight is 570 g/mol. The summed E-state index contributed by atoms with van der Waals surface area (Å²) in [5.74, 6) is 0.0685. The van der Waals surface area contributed by atoms with E-state index in [4.69, 9.17) is 14.2 Å². The number of fused-ring (bicyclic) bond motifs is 1. The zero-order valence-electron chi connectivity index (χ0n) is 24.5. The van der Waals surface area contributed by atoms with E-state index < -0.39 is 11.3 Å². The summed E-state index contributed by atoms with van der Waals surface area (Å²) >= 11 is 0. The summed E-state index contributed by atoms with van der Waals surface area (Å²) in [5.41, 5.74) is 0.727. The monoisotopic (exact) mass is 569 g/mol. The highest BCUT2D eigenvalue weighted by atomic mass is 16.5. The first kappa shape index (κ1) is 30.4. The van der Waals surface area contributed by atoms with Crippen LogP contribution in [0.5, 0.6) is 11.5 Å². The molecule has 0 saturated carbocycles. The van der Waals surface area contributed by atoms with E-state index in [9.17, 15) is 19.2 Å². The van der Waals surface area contributed by atoms with Gasteiger partial charge in [-0.2, -0.15) is 0 Å². The number of hydrogen-bond donors (Lipinski definition) is 1. The van der Waals surface area contributed by atoms with Gasteiger partial charge in [0, 0.05) is 50.6 Å². The lowest BCUT2D eigenvalue weighted by molar-refractivity contribution is -0.162. The van der Waals surface area contributed by atoms with Crippen molar-refractivity contribution in [3.05, 3.63) is 35.5 Å². The van der Waals surface area contributed by atoms with Crippen molar-refractivity contribution < 1.29 is 33.4 Å². The second-order valence-electron chi connectivity index (χ2n) is 11.0. The van der Waals surface area contributed by atoms with Crippen molar-refractivity contribution in [1.82, 2.24) is 15.1 Å². The molecule has 3 amide bonds. The Bertz CT molecular complexity index is 1170. The molecule has 0 radical (unpaired) electrons. The maximum Gasteiger partial charge on any atom is 0.318 e. The number of esters is 1. The van der Waals surface area contributed by atoms with Crippen LogP contribution in [-0.4, -0.2) is 80.5 Å². The molecule has 1 N–H and O–H groups in total. The molecule has 0 spiro atoms. The molecule has 0 unspecified atom stereocenters. The van der Waals surface area contributed by atoms with Gasteiger partial charge in [0.15, 0.2) is 11.5 Å². The molecule has 2 saturated heterocycles. The van der Waals surface area contributed by atoms with E-state index >= 15 is 0 Å². The first-order valence-electron chi connectivity index (χ1n) is 14.8. The lowest BCUT2D eigenvalue weighted by Gasteiger charge is -2.48. The van der Waals surface area contributed by atoms with Crippen LogP contribution in [0.2, 0.25) is 0 Å². The van der Waals surface area contributed by atoms with Crippen molar-refractivity contribution in [2.24, 2.45) is 11.3 Å². The van der Waals surface area contributed by atoms with Crippen molar-refractivity contribution in [3.8, 4) is 11.5 Å². The topological polar surface area (TPSA) is 114 Å². The number of allylic oxidation sites excluding steroid dienone is 1. The van der Waals surface area contributed by atoms with Gasteiger partial charge in [0.05, 0.1) is 20.8 Å². The fourth-order valence-electron chi connectivity index (χ4n) is 6.35. The summed E-state index contributed by atoms with van der Waals surface area (Å²) in [6.45, 7) is 4.21. The van der Waals surface area contributed by atoms with E-state index in [1.54, 1.807) is 26.0 Å². The summed E-state index contributed by atoms with van der Waals surface area (Å²) in [5, 5.41) is 2.92. The van der Waals surface area contributed by atoms with Gasteiger partial charge in [0.2, 0.25) is 17.7 Å². The average Bonchev–Trinajstić information content (AvgIpc) is 3.39. The van der Waals surface area contributed by atoms with Crippen LogP contribution in [0, 0.1) is 11.3 Å². The fourth-order valence-corrected chi connectivity index (χ4v) is 6.35. The number of amides is 3. The molecule has 224 valence electrons. The molecule has 0 bridgehead atoms. The van der Waals surface area contributed by atoms with Crippen LogP contribution in [0.3, 0.4) is 0 Å². The second-order valence-corrected chi connectivity index (χ2v) is 11.0. The molecule has 2 aliphatic heterocycles. The number of benzene rings is 1. The smallest absolute Gasteiger partial charge is 0.318 e. The van der Waals surface area contributed by atoms with Gasteiger partial charge in [-0.1, -0.05) is 12.1 Å². The predicted octanol–water partition coefficient (Wildman–Crippen LogP) is 3.23. The van der Waals surface area contributed by atoms with Gasteiger partial charge in [-0.15, -0.1) is 0 Å². The number of ether oxygens (including phenoxy) is 3. The zero-order chi connectivity index (χ0) is 29.4. The first-order valence-corrected chi connectivity index (χ1v) is 14.8. The summed E-state index contributed by atoms with van der Waals surface area (Å²) in [4.78, 5) is 55.7. The number of methoxy groups -OCH3 is 2. The summed E-state index contributed by atoms with van der Waals surface area (Å²) in [6.07, 6.45) is 7.12. The van der Waals surface area contributed by atoms with Crippen molar-refractivity contribution >= 4 is 23.7 Å². The first-order chi connectivity index (χ1) is 19.8. The Balaban J connectivity index is 1.48. The molecule has 10 nitrogen and oxygen atoms in total. The number of rotatable bonds is 13. The van der Waals surface area contributed by atoms with Gasteiger partial charge < -0.3 is 29.3 Å². The van der Waals surface area contributed by atoms with E-state index in [1.165, 1.54) is 0 Å². The number of carbonyl (C=O) groups excluding carboxylic acids is 4.